The second-order valence-electron chi connectivity index (χ2n) is 5.60. The van der Waals surface area contributed by atoms with E-state index in [9.17, 15) is 4.79 Å². The van der Waals surface area contributed by atoms with Crippen molar-refractivity contribution in [2.24, 2.45) is 0 Å². The number of ether oxygens (including phenoxy) is 2. The predicted octanol–water partition coefficient (Wildman–Crippen LogP) is 2.57. The van der Waals surface area contributed by atoms with Crippen LogP contribution in [0.25, 0.3) is 10.9 Å². The van der Waals surface area contributed by atoms with Crippen molar-refractivity contribution in [1.29, 1.82) is 0 Å². The summed E-state index contributed by atoms with van der Waals surface area (Å²) in [5.41, 5.74) is 1.11. The molecule has 0 aliphatic carbocycles. The van der Waals surface area contributed by atoms with Crippen LogP contribution in [0.2, 0.25) is 0 Å². The van der Waals surface area contributed by atoms with E-state index in [1.54, 1.807) is 13.3 Å². The Labute approximate surface area is 145 Å². The lowest BCUT2D eigenvalue weighted by atomic mass is 10.2. The second kappa shape index (κ2) is 7.76. The quantitative estimate of drug-likeness (QED) is 0.711. The molecule has 1 amide bonds. The molecule has 25 heavy (non-hydrogen) atoms. The monoisotopic (exact) mass is 341 g/mol. The fraction of sp³-hybridized carbons (Fsp3) is 0.278. The molecule has 7 heteroatoms. The van der Waals surface area contributed by atoms with Crippen LogP contribution in [0.3, 0.4) is 0 Å². The fourth-order valence-electron chi connectivity index (χ4n) is 2.36. The number of rotatable bonds is 7. The zero-order chi connectivity index (χ0) is 17.6. The number of benzene rings is 1. The van der Waals surface area contributed by atoms with Gasteiger partial charge in [0.1, 0.15) is 12.0 Å². The molecule has 3 rings (SSSR count). The molecular weight excluding hydrogens is 322 g/mol. The minimum atomic E-state index is -0.309. The van der Waals surface area contributed by atoms with Crippen LogP contribution < -0.4 is 10.1 Å². The normalized spacial score (nSPS) is 12.1. The molecule has 1 atom stereocenters. The molecule has 2 aromatic heterocycles. The van der Waals surface area contributed by atoms with Gasteiger partial charge < -0.3 is 19.2 Å². The van der Waals surface area contributed by atoms with E-state index in [-0.39, 0.29) is 24.2 Å². The van der Waals surface area contributed by atoms with Crippen LogP contribution in [0.5, 0.6) is 5.75 Å². The van der Waals surface area contributed by atoms with Gasteiger partial charge in [0, 0.05) is 24.7 Å². The maximum Gasteiger partial charge on any atom is 0.273 e. The van der Waals surface area contributed by atoms with Crippen LogP contribution in [0.15, 0.2) is 47.2 Å². The lowest BCUT2D eigenvalue weighted by Crippen LogP contribution is -2.35. The molecule has 1 aromatic carbocycles. The van der Waals surface area contributed by atoms with Gasteiger partial charge in [0.05, 0.1) is 12.1 Å². The zero-order valence-electron chi connectivity index (χ0n) is 14.1. The molecule has 7 nitrogen and oxygen atoms in total. The first-order chi connectivity index (χ1) is 12.2. The van der Waals surface area contributed by atoms with Crippen LogP contribution in [-0.2, 0) is 11.3 Å². The summed E-state index contributed by atoms with van der Waals surface area (Å²) < 4.78 is 16.0. The maximum atomic E-state index is 12.0. The average Bonchev–Trinajstić information content (AvgIpc) is 3.09. The summed E-state index contributed by atoms with van der Waals surface area (Å²) in [6, 6.07) is 9.33. The molecule has 1 N–H and O–H groups in total. The van der Waals surface area contributed by atoms with Gasteiger partial charge in [0.25, 0.3) is 5.91 Å². The van der Waals surface area contributed by atoms with E-state index in [0.29, 0.717) is 18.2 Å². The van der Waals surface area contributed by atoms with Gasteiger partial charge in [0.2, 0.25) is 5.89 Å². The Bertz CT molecular complexity index is 862. The first kappa shape index (κ1) is 16.9. The number of pyridine rings is 1. The first-order valence-corrected chi connectivity index (χ1v) is 7.87. The molecule has 0 radical (unpaired) electrons. The number of nitrogens with one attached hydrogen (secondary N) is 1. The van der Waals surface area contributed by atoms with Crippen molar-refractivity contribution >= 4 is 16.8 Å². The number of fused-ring (bicyclic) bond motifs is 1. The fourth-order valence-corrected chi connectivity index (χ4v) is 2.36. The minimum absolute atomic E-state index is 0.111. The van der Waals surface area contributed by atoms with Gasteiger partial charge in [-0.3, -0.25) is 9.78 Å². The average molecular weight is 341 g/mol. The summed E-state index contributed by atoms with van der Waals surface area (Å²) in [6.45, 7) is 2.41. The highest BCUT2D eigenvalue weighted by molar-refractivity contribution is 5.92. The van der Waals surface area contributed by atoms with Crippen molar-refractivity contribution in [3.05, 3.63) is 54.4 Å². The van der Waals surface area contributed by atoms with Gasteiger partial charge >= 0.3 is 0 Å². The van der Waals surface area contributed by atoms with Crippen LogP contribution in [0.1, 0.15) is 23.3 Å². The summed E-state index contributed by atoms with van der Waals surface area (Å²) in [4.78, 5) is 20.4. The lowest BCUT2D eigenvalue weighted by Gasteiger charge is -2.10. The molecule has 0 bridgehead atoms. The third kappa shape index (κ3) is 4.33. The highest BCUT2D eigenvalue weighted by atomic mass is 16.5. The Kier molecular flexibility index (Phi) is 5.25. The Hall–Kier alpha value is -2.93. The van der Waals surface area contributed by atoms with E-state index < -0.39 is 0 Å². The molecule has 0 saturated heterocycles. The number of carbonyl (C=O) groups excluding carboxylic acids is 1. The van der Waals surface area contributed by atoms with Gasteiger partial charge in [-0.15, -0.1) is 0 Å². The van der Waals surface area contributed by atoms with E-state index >= 15 is 0 Å². The van der Waals surface area contributed by atoms with Crippen LogP contribution in [0, 0.1) is 0 Å². The number of aromatic nitrogens is 2. The van der Waals surface area contributed by atoms with Gasteiger partial charge in [-0.1, -0.05) is 6.07 Å². The number of hydrogen-bond acceptors (Lipinski definition) is 6. The van der Waals surface area contributed by atoms with Gasteiger partial charge in [-0.05, 0) is 31.2 Å². The molecule has 0 spiro atoms. The number of oxazole rings is 1. The van der Waals surface area contributed by atoms with Gasteiger partial charge in [0.15, 0.2) is 12.3 Å². The largest absolute Gasteiger partial charge is 0.484 e. The molecule has 0 fully saturated rings. The maximum absolute atomic E-state index is 12.0. The van der Waals surface area contributed by atoms with Crippen molar-refractivity contribution < 1.29 is 18.7 Å². The third-order valence-electron chi connectivity index (χ3n) is 3.52. The summed E-state index contributed by atoms with van der Waals surface area (Å²) in [5, 5.41) is 3.76. The van der Waals surface area contributed by atoms with Crippen LogP contribution >= 0.6 is 0 Å². The highest BCUT2D eigenvalue weighted by Crippen LogP contribution is 2.19. The molecule has 0 saturated carbocycles. The first-order valence-electron chi connectivity index (χ1n) is 7.87. The SMILES string of the molecule is COC[C@H](C)NC(=O)c1coc(COc2ccc3ncccc3c2)n1. The van der Waals surface area contributed by atoms with Crippen LogP contribution in [-0.4, -0.2) is 35.6 Å². The number of amides is 1. The molecule has 0 aliphatic rings. The third-order valence-corrected chi connectivity index (χ3v) is 3.52. The number of nitrogens with zero attached hydrogens (tertiary/aromatic N) is 2. The van der Waals surface area contributed by atoms with Crippen molar-refractivity contribution in [3.8, 4) is 5.75 Å². The van der Waals surface area contributed by atoms with Crippen LogP contribution in [0.4, 0.5) is 0 Å². The Morgan fingerprint density at radius 1 is 1.36 bits per heavy atom. The number of hydrogen-bond donors (Lipinski definition) is 1. The number of methoxy groups -OCH3 is 1. The highest BCUT2D eigenvalue weighted by Gasteiger charge is 2.15. The lowest BCUT2D eigenvalue weighted by molar-refractivity contribution is 0.0900. The topological polar surface area (TPSA) is 86.5 Å². The smallest absolute Gasteiger partial charge is 0.273 e. The minimum Gasteiger partial charge on any atom is -0.484 e. The Morgan fingerprint density at radius 2 is 2.24 bits per heavy atom. The van der Waals surface area contributed by atoms with E-state index in [0.717, 1.165) is 10.9 Å². The molecule has 0 unspecified atom stereocenters. The summed E-state index contributed by atoms with van der Waals surface area (Å²) in [5.74, 6) is 0.700. The van der Waals surface area contributed by atoms with Crippen molar-refractivity contribution in [3.63, 3.8) is 0 Å². The Morgan fingerprint density at radius 3 is 3.08 bits per heavy atom. The predicted molar refractivity (Wildman–Crippen MR) is 91.4 cm³/mol. The van der Waals surface area contributed by atoms with E-state index in [1.165, 1.54) is 6.26 Å². The van der Waals surface area contributed by atoms with Crippen molar-refractivity contribution in [1.82, 2.24) is 15.3 Å². The van der Waals surface area contributed by atoms with Gasteiger partial charge in [-0.2, -0.15) is 0 Å². The van der Waals surface area contributed by atoms with Crippen molar-refractivity contribution in [2.45, 2.75) is 19.6 Å². The number of carbonyl (C=O) groups is 1. The standard InChI is InChI=1S/C18H19N3O4/c1-12(9-23-2)20-18(22)16-10-25-17(21-16)11-24-14-5-6-15-13(8-14)4-3-7-19-15/h3-8,10,12H,9,11H2,1-2H3,(H,20,22)/t12-/m0/s1. The molecule has 0 aliphatic heterocycles. The molecule has 3 aromatic rings. The molecule has 2 heterocycles. The summed E-state index contributed by atoms with van der Waals surface area (Å²) in [6.07, 6.45) is 3.06. The van der Waals surface area contributed by atoms with E-state index in [2.05, 4.69) is 15.3 Å². The molecule has 130 valence electrons. The van der Waals surface area contributed by atoms with E-state index in [1.807, 2.05) is 37.3 Å². The van der Waals surface area contributed by atoms with Gasteiger partial charge in [-0.25, -0.2) is 4.98 Å². The Balaban J connectivity index is 1.60. The molecular formula is C18H19N3O4. The second-order valence-corrected chi connectivity index (χ2v) is 5.60. The summed E-state index contributed by atoms with van der Waals surface area (Å²) in [7, 11) is 1.58. The van der Waals surface area contributed by atoms with E-state index in [4.69, 9.17) is 13.9 Å². The zero-order valence-corrected chi connectivity index (χ0v) is 14.1. The summed E-state index contributed by atoms with van der Waals surface area (Å²) >= 11 is 0. The van der Waals surface area contributed by atoms with Crippen molar-refractivity contribution in [2.75, 3.05) is 13.7 Å².